The predicted octanol–water partition coefficient (Wildman–Crippen LogP) is 2.90. The summed E-state index contributed by atoms with van der Waals surface area (Å²) in [5.41, 5.74) is 0.888. The lowest BCUT2D eigenvalue weighted by Crippen LogP contribution is -2.33. The first-order valence-electron chi connectivity index (χ1n) is 8.99. The van der Waals surface area contributed by atoms with Crippen molar-refractivity contribution in [3.63, 3.8) is 0 Å². The second-order valence-electron chi connectivity index (χ2n) is 6.81. The van der Waals surface area contributed by atoms with Gasteiger partial charge in [-0.1, -0.05) is 25.0 Å². The average molecular weight is 372 g/mol. The van der Waals surface area contributed by atoms with Gasteiger partial charge in [0.15, 0.2) is 0 Å². The molecular formula is C19H20N2O4S. The third-order valence-corrected chi connectivity index (χ3v) is 6.18. The minimum absolute atomic E-state index is 0.0296. The lowest BCUT2D eigenvalue weighted by Gasteiger charge is -2.19. The molecule has 2 amide bonds. The summed E-state index contributed by atoms with van der Waals surface area (Å²) in [6.07, 6.45) is 3.60. The van der Waals surface area contributed by atoms with Gasteiger partial charge in [0, 0.05) is 6.54 Å². The van der Waals surface area contributed by atoms with Crippen molar-refractivity contribution in [2.45, 2.75) is 38.7 Å². The van der Waals surface area contributed by atoms with E-state index >= 15 is 0 Å². The number of hydrogen-bond donors (Lipinski definition) is 0. The number of carbonyl (C=O) groups excluding carboxylic acids is 3. The topological polar surface area (TPSA) is 76.6 Å². The first-order valence-corrected chi connectivity index (χ1v) is 9.80. The molecular weight excluding hydrogens is 352 g/mol. The molecule has 2 atom stereocenters. The quantitative estimate of drug-likeness (QED) is 0.596. The maximum atomic E-state index is 12.4. The van der Waals surface area contributed by atoms with E-state index in [-0.39, 0.29) is 43.2 Å². The highest BCUT2D eigenvalue weighted by atomic mass is 32.1. The van der Waals surface area contributed by atoms with Crippen LogP contribution in [-0.2, 0) is 25.7 Å². The monoisotopic (exact) mass is 372 g/mol. The number of thiazole rings is 1. The standard InChI is InChI=1S/C19H20N2O4S/c22-17(25-11-16-20-14-7-3-4-8-15(14)26-16)9-10-21-18(23)12-5-1-2-6-13(12)19(21)24/h3-4,7-8,12-13H,1-2,5-6,9-11H2/t12-,13-/m0/s1. The molecule has 2 heterocycles. The van der Waals surface area contributed by atoms with Gasteiger partial charge in [-0.15, -0.1) is 11.3 Å². The second-order valence-corrected chi connectivity index (χ2v) is 7.93. The molecule has 1 aromatic heterocycles. The van der Waals surface area contributed by atoms with Crippen LogP contribution in [0.5, 0.6) is 0 Å². The SMILES string of the molecule is O=C(CCN1C(=O)[C@H]2CCCC[C@@H]2C1=O)OCc1nc2ccccc2s1. The van der Waals surface area contributed by atoms with Crippen molar-refractivity contribution >= 4 is 39.3 Å². The number of imide groups is 1. The number of nitrogens with zero attached hydrogens (tertiary/aromatic N) is 2. The van der Waals surface area contributed by atoms with E-state index in [2.05, 4.69) is 4.98 Å². The molecule has 1 saturated carbocycles. The van der Waals surface area contributed by atoms with Crippen molar-refractivity contribution < 1.29 is 19.1 Å². The van der Waals surface area contributed by atoms with Crippen LogP contribution in [-0.4, -0.2) is 34.2 Å². The zero-order valence-electron chi connectivity index (χ0n) is 14.3. The minimum Gasteiger partial charge on any atom is -0.458 e. The van der Waals surface area contributed by atoms with E-state index in [1.807, 2.05) is 24.3 Å². The van der Waals surface area contributed by atoms with Gasteiger partial charge in [-0.05, 0) is 25.0 Å². The Balaban J connectivity index is 1.30. The molecule has 1 aliphatic carbocycles. The zero-order valence-corrected chi connectivity index (χ0v) is 15.2. The van der Waals surface area contributed by atoms with Gasteiger partial charge in [0.25, 0.3) is 0 Å². The number of carbonyl (C=O) groups is 3. The first-order chi connectivity index (χ1) is 12.6. The Morgan fingerprint density at radius 2 is 1.85 bits per heavy atom. The van der Waals surface area contributed by atoms with E-state index in [1.165, 1.54) is 16.2 Å². The van der Waals surface area contributed by atoms with Crippen molar-refractivity contribution in [1.82, 2.24) is 9.88 Å². The van der Waals surface area contributed by atoms with Crippen molar-refractivity contribution in [2.75, 3.05) is 6.54 Å². The van der Waals surface area contributed by atoms with Crippen LogP contribution in [0.25, 0.3) is 10.2 Å². The second kappa shape index (κ2) is 7.15. The van der Waals surface area contributed by atoms with Gasteiger partial charge in [0.1, 0.15) is 11.6 Å². The predicted molar refractivity (Wildman–Crippen MR) is 96.2 cm³/mol. The van der Waals surface area contributed by atoms with E-state index in [9.17, 15) is 14.4 Å². The van der Waals surface area contributed by atoms with Crippen LogP contribution in [0, 0.1) is 11.8 Å². The lowest BCUT2D eigenvalue weighted by molar-refractivity contribution is -0.146. The Kier molecular flexibility index (Phi) is 4.72. The number of esters is 1. The summed E-state index contributed by atoms with van der Waals surface area (Å²) in [4.78, 5) is 42.5. The summed E-state index contributed by atoms with van der Waals surface area (Å²) in [5, 5.41) is 0.735. The van der Waals surface area contributed by atoms with E-state index in [0.29, 0.717) is 0 Å². The number of rotatable bonds is 5. The maximum Gasteiger partial charge on any atom is 0.308 e. The summed E-state index contributed by atoms with van der Waals surface area (Å²) in [7, 11) is 0. The van der Waals surface area contributed by atoms with Gasteiger partial charge in [0.2, 0.25) is 11.8 Å². The van der Waals surface area contributed by atoms with E-state index < -0.39 is 5.97 Å². The highest BCUT2D eigenvalue weighted by Gasteiger charge is 2.47. The number of benzene rings is 1. The van der Waals surface area contributed by atoms with Gasteiger partial charge < -0.3 is 4.74 Å². The van der Waals surface area contributed by atoms with Gasteiger partial charge in [0.05, 0.1) is 28.5 Å². The third-order valence-electron chi connectivity index (χ3n) is 5.17. The van der Waals surface area contributed by atoms with E-state index in [1.54, 1.807) is 0 Å². The summed E-state index contributed by atoms with van der Waals surface area (Å²) in [5.74, 6) is -0.984. The highest BCUT2D eigenvalue weighted by Crippen LogP contribution is 2.38. The Hall–Kier alpha value is -2.28. The molecule has 0 spiro atoms. The fraction of sp³-hybridized carbons (Fsp3) is 0.474. The molecule has 0 bridgehead atoms. The van der Waals surface area contributed by atoms with E-state index in [0.717, 1.165) is 40.9 Å². The van der Waals surface area contributed by atoms with Crippen LogP contribution >= 0.6 is 11.3 Å². The van der Waals surface area contributed by atoms with Crippen LogP contribution in [0.1, 0.15) is 37.1 Å². The van der Waals surface area contributed by atoms with Gasteiger partial charge >= 0.3 is 5.97 Å². The number of para-hydroxylation sites is 1. The van der Waals surface area contributed by atoms with E-state index in [4.69, 9.17) is 4.74 Å². The molecule has 2 aromatic rings. The van der Waals surface area contributed by atoms with Gasteiger partial charge in [-0.3, -0.25) is 19.3 Å². The Bertz CT molecular complexity index is 805. The smallest absolute Gasteiger partial charge is 0.308 e. The Labute approximate surface area is 155 Å². The lowest BCUT2D eigenvalue weighted by atomic mass is 9.81. The maximum absolute atomic E-state index is 12.4. The van der Waals surface area contributed by atoms with Gasteiger partial charge in [-0.2, -0.15) is 0 Å². The number of amides is 2. The minimum atomic E-state index is -0.417. The first kappa shape index (κ1) is 17.1. The summed E-state index contributed by atoms with van der Waals surface area (Å²) in [6.45, 7) is 0.231. The molecule has 1 saturated heterocycles. The molecule has 2 fully saturated rings. The summed E-state index contributed by atoms with van der Waals surface area (Å²) >= 11 is 1.49. The summed E-state index contributed by atoms with van der Waals surface area (Å²) in [6, 6.07) is 7.75. The van der Waals surface area contributed by atoms with Gasteiger partial charge in [-0.25, -0.2) is 4.98 Å². The molecule has 7 heteroatoms. The molecule has 26 heavy (non-hydrogen) atoms. The molecule has 1 aromatic carbocycles. The molecule has 136 valence electrons. The summed E-state index contributed by atoms with van der Waals surface area (Å²) < 4.78 is 6.32. The molecule has 1 aliphatic heterocycles. The number of likely N-dealkylation sites (tertiary alicyclic amines) is 1. The molecule has 0 radical (unpaired) electrons. The Morgan fingerprint density at radius 1 is 1.15 bits per heavy atom. The normalized spacial score (nSPS) is 22.7. The molecule has 2 aliphatic rings. The molecule has 4 rings (SSSR count). The van der Waals surface area contributed by atoms with Crippen molar-refractivity contribution in [2.24, 2.45) is 11.8 Å². The number of aromatic nitrogens is 1. The molecule has 0 N–H and O–H groups in total. The van der Waals surface area contributed by atoms with Crippen LogP contribution < -0.4 is 0 Å². The fourth-order valence-electron chi connectivity index (χ4n) is 3.85. The third kappa shape index (κ3) is 3.23. The molecule has 0 unspecified atom stereocenters. The number of ether oxygens (including phenoxy) is 1. The zero-order chi connectivity index (χ0) is 18.1. The fourth-order valence-corrected chi connectivity index (χ4v) is 4.73. The van der Waals surface area contributed by atoms with Crippen LogP contribution in [0.4, 0.5) is 0 Å². The number of hydrogen-bond acceptors (Lipinski definition) is 6. The Morgan fingerprint density at radius 3 is 2.54 bits per heavy atom. The highest BCUT2D eigenvalue weighted by molar-refractivity contribution is 7.18. The number of fused-ring (bicyclic) bond motifs is 2. The van der Waals surface area contributed by atoms with Crippen molar-refractivity contribution in [1.29, 1.82) is 0 Å². The van der Waals surface area contributed by atoms with Crippen LogP contribution in [0.3, 0.4) is 0 Å². The molecule has 6 nitrogen and oxygen atoms in total. The largest absolute Gasteiger partial charge is 0.458 e. The van der Waals surface area contributed by atoms with Crippen LogP contribution in [0.2, 0.25) is 0 Å². The van der Waals surface area contributed by atoms with Crippen molar-refractivity contribution in [3.8, 4) is 0 Å². The van der Waals surface area contributed by atoms with Crippen LogP contribution in [0.15, 0.2) is 24.3 Å². The average Bonchev–Trinajstić information content (AvgIpc) is 3.18. The van der Waals surface area contributed by atoms with Crippen molar-refractivity contribution in [3.05, 3.63) is 29.3 Å².